The molecule has 1 aliphatic rings. The lowest BCUT2D eigenvalue weighted by molar-refractivity contribution is 0.209. The molecule has 3 rings (SSSR count). The molecular weight excluding hydrogens is 276 g/mol. The summed E-state index contributed by atoms with van der Waals surface area (Å²) in [4.78, 5) is 18.7. The van der Waals surface area contributed by atoms with E-state index in [-0.39, 0.29) is 18.1 Å². The highest BCUT2D eigenvalue weighted by Crippen LogP contribution is 2.18. The van der Waals surface area contributed by atoms with Crippen molar-refractivity contribution < 1.29 is 0 Å². The fourth-order valence-corrected chi connectivity index (χ4v) is 2.70. The predicted octanol–water partition coefficient (Wildman–Crippen LogP) is 0.0477. The largest absolute Gasteiger partial charge is 0.375 e. The second kappa shape index (κ2) is 5.09. The standard InChI is InChI=1S/C9H12N6OS.ClH/c10-8-11-3-6(17-8)4-14-1-2-15-7(5-14)12-13-9(15)16;/h3H,1-2,4-5H2,(H2,10,11)(H,13,16);1H. The van der Waals surface area contributed by atoms with Crippen LogP contribution in [0.5, 0.6) is 0 Å². The van der Waals surface area contributed by atoms with Crippen LogP contribution in [0.15, 0.2) is 11.0 Å². The van der Waals surface area contributed by atoms with Crippen LogP contribution >= 0.6 is 23.7 Å². The highest BCUT2D eigenvalue weighted by atomic mass is 35.5. The van der Waals surface area contributed by atoms with E-state index in [4.69, 9.17) is 5.73 Å². The van der Waals surface area contributed by atoms with Crippen molar-refractivity contribution in [2.24, 2.45) is 0 Å². The summed E-state index contributed by atoms with van der Waals surface area (Å²) in [6, 6.07) is 0. The summed E-state index contributed by atoms with van der Waals surface area (Å²) >= 11 is 1.50. The van der Waals surface area contributed by atoms with Gasteiger partial charge in [-0.25, -0.2) is 14.9 Å². The van der Waals surface area contributed by atoms with Gasteiger partial charge in [0.1, 0.15) is 5.82 Å². The molecule has 18 heavy (non-hydrogen) atoms. The Morgan fingerprint density at radius 3 is 3.06 bits per heavy atom. The SMILES string of the molecule is Cl.Nc1ncc(CN2CCn3c(n[nH]c3=O)C2)s1. The first-order valence-electron chi connectivity index (χ1n) is 5.29. The van der Waals surface area contributed by atoms with Crippen LogP contribution < -0.4 is 11.4 Å². The van der Waals surface area contributed by atoms with Crippen molar-refractivity contribution in [3.63, 3.8) is 0 Å². The van der Waals surface area contributed by atoms with E-state index in [2.05, 4.69) is 20.1 Å². The summed E-state index contributed by atoms with van der Waals surface area (Å²) in [5.74, 6) is 0.790. The zero-order chi connectivity index (χ0) is 11.8. The summed E-state index contributed by atoms with van der Waals surface area (Å²) in [6.07, 6.45) is 1.80. The van der Waals surface area contributed by atoms with Gasteiger partial charge in [0, 0.05) is 30.7 Å². The Hall–Kier alpha value is -1.38. The summed E-state index contributed by atoms with van der Waals surface area (Å²) < 4.78 is 1.68. The van der Waals surface area contributed by atoms with E-state index < -0.39 is 0 Å². The normalized spacial score (nSPS) is 15.1. The maximum Gasteiger partial charge on any atom is 0.343 e. The highest BCUT2D eigenvalue weighted by Gasteiger charge is 2.19. The van der Waals surface area contributed by atoms with Gasteiger partial charge in [-0.05, 0) is 0 Å². The Labute approximate surface area is 113 Å². The van der Waals surface area contributed by atoms with Gasteiger partial charge >= 0.3 is 5.69 Å². The number of hydrogen-bond acceptors (Lipinski definition) is 6. The lowest BCUT2D eigenvalue weighted by Gasteiger charge is -2.25. The van der Waals surface area contributed by atoms with Crippen LogP contribution in [0.2, 0.25) is 0 Å². The second-order valence-electron chi connectivity index (χ2n) is 3.97. The van der Waals surface area contributed by atoms with Crippen LogP contribution in [0.4, 0.5) is 5.13 Å². The van der Waals surface area contributed by atoms with Gasteiger partial charge < -0.3 is 5.73 Å². The van der Waals surface area contributed by atoms with Gasteiger partial charge in [-0.15, -0.1) is 23.7 Å². The van der Waals surface area contributed by atoms with E-state index in [9.17, 15) is 4.79 Å². The van der Waals surface area contributed by atoms with Gasteiger partial charge in [0.2, 0.25) is 0 Å². The summed E-state index contributed by atoms with van der Waals surface area (Å²) in [7, 11) is 0. The number of nitrogens with two attached hydrogens (primary N) is 1. The van der Waals surface area contributed by atoms with Crippen molar-refractivity contribution in [1.82, 2.24) is 24.6 Å². The van der Waals surface area contributed by atoms with Crippen LogP contribution in [0, 0.1) is 0 Å². The first-order valence-corrected chi connectivity index (χ1v) is 6.10. The number of H-pyrrole nitrogens is 1. The van der Waals surface area contributed by atoms with E-state index in [0.717, 1.165) is 23.8 Å². The highest BCUT2D eigenvalue weighted by molar-refractivity contribution is 7.15. The third kappa shape index (κ3) is 2.40. The third-order valence-electron chi connectivity index (χ3n) is 2.79. The lowest BCUT2D eigenvalue weighted by Crippen LogP contribution is -2.36. The molecule has 0 saturated carbocycles. The zero-order valence-electron chi connectivity index (χ0n) is 9.50. The van der Waals surface area contributed by atoms with Crippen molar-refractivity contribution in [3.8, 4) is 0 Å². The number of rotatable bonds is 2. The Morgan fingerprint density at radius 2 is 2.33 bits per heavy atom. The van der Waals surface area contributed by atoms with Crippen molar-refractivity contribution in [1.29, 1.82) is 0 Å². The smallest absolute Gasteiger partial charge is 0.343 e. The van der Waals surface area contributed by atoms with Crippen LogP contribution in [0.25, 0.3) is 0 Å². The monoisotopic (exact) mass is 288 g/mol. The second-order valence-corrected chi connectivity index (χ2v) is 5.12. The van der Waals surface area contributed by atoms with Crippen LogP contribution in [-0.2, 0) is 19.6 Å². The molecule has 0 spiro atoms. The maximum atomic E-state index is 11.3. The van der Waals surface area contributed by atoms with Crippen LogP contribution in [0.1, 0.15) is 10.7 Å². The molecule has 0 saturated heterocycles. The number of aromatic nitrogens is 4. The summed E-state index contributed by atoms with van der Waals surface area (Å²) in [5.41, 5.74) is 5.47. The number of aromatic amines is 1. The molecule has 0 aromatic carbocycles. The first-order chi connectivity index (χ1) is 8.22. The molecule has 0 aliphatic carbocycles. The van der Waals surface area contributed by atoms with Crippen molar-refractivity contribution in [3.05, 3.63) is 27.4 Å². The fraction of sp³-hybridized carbons (Fsp3) is 0.444. The molecule has 3 N–H and O–H groups in total. The number of hydrogen-bond donors (Lipinski definition) is 2. The van der Waals surface area contributed by atoms with Gasteiger partial charge in [0.25, 0.3) is 0 Å². The molecule has 0 unspecified atom stereocenters. The number of nitrogens with one attached hydrogen (secondary N) is 1. The molecule has 2 aromatic heterocycles. The molecule has 1 aliphatic heterocycles. The summed E-state index contributed by atoms with van der Waals surface area (Å²) in [6.45, 7) is 3.00. The Morgan fingerprint density at radius 1 is 1.50 bits per heavy atom. The van der Waals surface area contributed by atoms with Gasteiger partial charge in [0.15, 0.2) is 5.13 Å². The topological polar surface area (TPSA) is 92.8 Å². The maximum absolute atomic E-state index is 11.3. The van der Waals surface area contributed by atoms with E-state index in [1.165, 1.54) is 11.3 Å². The first kappa shape index (κ1) is 13.1. The van der Waals surface area contributed by atoms with Gasteiger partial charge in [-0.3, -0.25) is 9.47 Å². The third-order valence-corrected chi connectivity index (χ3v) is 3.60. The molecule has 3 heterocycles. The molecule has 0 atom stereocenters. The van der Waals surface area contributed by atoms with E-state index in [1.54, 1.807) is 10.8 Å². The minimum absolute atomic E-state index is 0. The zero-order valence-corrected chi connectivity index (χ0v) is 11.1. The summed E-state index contributed by atoms with van der Waals surface area (Å²) in [5, 5.41) is 7.06. The minimum Gasteiger partial charge on any atom is -0.375 e. The molecule has 0 fully saturated rings. The molecule has 2 aromatic rings. The average molecular weight is 289 g/mol. The average Bonchev–Trinajstić information content (AvgIpc) is 2.87. The van der Waals surface area contributed by atoms with Crippen LogP contribution in [0.3, 0.4) is 0 Å². The molecule has 0 amide bonds. The Kier molecular flexibility index (Phi) is 3.69. The molecule has 0 radical (unpaired) electrons. The van der Waals surface area contributed by atoms with Crippen molar-refractivity contribution in [2.45, 2.75) is 19.6 Å². The molecule has 0 bridgehead atoms. The number of halogens is 1. The van der Waals surface area contributed by atoms with E-state index in [1.807, 2.05) is 0 Å². The quantitative estimate of drug-likeness (QED) is 0.814. The Balaban J connectivity index is 0.00000120. The van der Waals surface area contributed by atoms with Crippen molar-refractivity contribution in [2.75, 3.05) is 12.3 Å². The lowest BCUT2D eigenvalue weighted by atomic mass is 10.3. The number of thiazole rings is 1. The fourth-order valence-electron chi connectivity index (χ4n) is 1.97. The molecular formula is C9H13ClN6OS. The molecule has 98 valence electrons. The van der Waals surface area contributed by atoms with Gasteiger partial charge in [-0.2, -0.15) is 5.10 Å². The van der Waals surface area contributed by atoms with E-state index >= 15 is 0 Å². The predicted molar refractivity (Wildman–Crippen MR) is 70.7 cm³/mol. The molecule has 7 nitrogen and oxygen atoms in total. The number of nitrogens with zero attached hydrogens (tertiary/aromatic N) is 4. The van der Waals surface area contributed by atoms with Crippen molar-refractivity contribution >= 4 is 28.9 Å². The number of nitrogen functional groups attached to an aromatic ring is 1. The number of anilines is 1. The number of fused-ring (bicyclic) bond motifs is 1. The molecule has 9 heteroatoms. The Bertz CT molecular complexity index is 590. The minimum atomic E-state index is -0.123. The van der Waals surface area contributed by atoms with Crippen LogP contribution in [-0.4, -0.2) is 31.2 Å². The van der Waals surface area contributed by atoms with Gasteiger partial charge in [-0.1, -0.05) is 0 Å². The van der Waals surface area contributed by atoms with E-state index in [0.29, 0.717) is 18.2 Å². The van der Waals surface area contributed by atoms with Gasteiger partial charge in [0.05, 0.1) is 6.54 Å².